The van der Waals surface area contributed by atoms with Crippen LogP contribution in [-0.4, -0.2) is 32.0 Å². The van der Waals surface area contributed by atoms with Crippen molar-refractivity contribution in [2.45, 2.75) is 25.4 Å². The summed E-state index contributed by atoms with van der Waals surface area (Å²) < 4.78 is 5.45. The summed E-state index contributed by atoms with van der Waals surface area (Å²) in [7, 11) is 1.68. The maximum Gasteiger partial charge on any atom is 0.213 e. The molecule has 4 heteroatoms. The lowest BCUT2D eigenvalue weighted by Crippen LogP contribution is -2.15. The van der Waals surface area contributed by atoms with Gasteiger partial charge in [0.25, 0.3) is 0 Å². The van der Waals surface area contributed by atoms with Crippen molar-refractivity contribution in [2.75, 3.05) is 18.6 Å². The maximum absolute atomic E-state index is 12.0. The van der Waals surface area contributed by atoms with E-state index >= 15 is 0 Å². The second-order valence-corrected chi connectivity index (χ2v) is 4.53. The first kappa shape index (κ1) is 12.8. The Balaban J connectivity index is 1.99. The molecule has 1 aromatic rings. The molecule has 0 aromatic heterocycles. The summed E-state index contributed by atoms with van der Waals surface area (Å²) in [5.74, 6) is 0.0993. The Kier molecular flexibility index (Phi) is 4.10. The number of ketones is 1. The van der Waals surface area contributed by atoms with Crippen molar-refractivity contribution < 1.29 is 14.3 Å². The van der Waals surface area contributed by atoms with Gasteiger partial charge in [0.15, 0.2) is 5.78 Å². The van der Waals surface area contributed by atoms with Gasteiger partial charge >= 0.3 is 0 Å². The normalized spacial score (nSPS) is 18.6. The van der Waals surface area contributed by atoms with E-state index in [2.05, 4.69) is 0 Å². The maximum atomic E-state index is 12.0. The Morgan fingerprint density at radius 3 is 2.72 bits per heavy atom. The van der Waals surface area contributed by atoms with Gasteiger partial charge in [-0.1, -0.05) is 0 Å². The molecule has 1 aliphatic rings. The second kappa shape index (κ2) is 5.78. The van der Waals surface area contributed by atoms with Crippen molar-refractivity contribution in [2.24, 2.45) is 0 Å². The second-order valence-electron chi connectivity index (χ2n) is 4.53. The quantitative estimate of drug-likeness (QED) is 0.591. The number of anilines is 1. The highest BCUT2D eigenvalue weighted by Gasteiger charge is 2.19. The SMILES string of the molecule is CN(C=O)c1ccc(C(=O)CC2CCCO2)cc1. The number of Topliss-reactive ketones (excluding diaryl/α,β-unsaturated/α-hetero) is 1. The molecular formula is C14H17NO3. The molecule has 0 spiro atoms. The van der Waals surface area contributed by atoms with E-state index in [1.165, 1.54) is 4.90 Å². The van der Waals surface area contributed by atoms with Crippen LogP contribution in [0.5, 0.6) is 0 Å². The molecule has 0 aliphatic carbocycles. The minimum absolute atomic E-state index is 0.0785. The zero-order valence-electron chi connectivity index (χ0n) is 10.5. The number of hydrogen-bond acceptors (Lipinski definition) is 3. The van der Waals surface area contributed by atoms with Crippen molar-refractivity contribution in [3.63, 3.8) is 0 Å². The van der Waals surface area contributed by atoms with Gasteiger partial charge in [-0.05, 0) is 37.1 Å². The fourth-order valence-electron chi connectivity index (χ4n) is 2.07. The number of carbonyl (C=O) groups is 2. The van der Waals surface area contributed by atoms with Crippen LogP contribution in [0.2, 0.25) is 0 Å². The van der Waals surface area contributed by atoms with Crippen LogP contribution >= 0.6 is 0 Å². The lowest BCUT2D eigenvalue weighted by molar-refractivity contribution is -0.107. The number of rotatable bonds is 5. The third-order valence-electron chi connectivity index (χ3n) is 3.19. The van der Waals surface area contributed by atoms with Crippen molar-refractivity contribution in [1.29, 1.82) is 0 Å². The summed E-state index contributed by atoms with van der Waals surface area (Å²) in [6, 6.07) is 7.06. The summed E-state index contributed by atoms with van der Waals surface area (Å²) in [5.41, 5.74) is 1.45. The van der Waals surface area contributed by atoms with Gasteiger partial charge in [-0.2, -0.15) is 0 Å². The summed E-state index contributed by atoms with van der Waals surface area (Å²) in [5, 5.41) is 0. The molecule has 1 atom stereocenters. The number of carbonyl (C=O) groups excluding carboxylic acids is 2. The lowest BCUT2D eigenvalue weighted by atomic mass is 10.0. The van der Waals surface area contributed by atoms with Crippen LogP contribution in [0.25, 0.3) is 0 Å². The fraction of sp³-hybridized carbons (Fsp3) is 0.429. The van der Waals surface area contributed by atoms with Crippen molar-refractivity contribution in [3.05, 3.63) is 29.8 Å². The minimum atomic E-state index is 0.0785. The molecular weight excluding hydrogens is 230 g/mol. The van der Waals surface area contributed by atoms with Crippen LogP contribution in [-0.2, 0) is 9.53 Å². The van der Waals surface area contributed by atoms with Gasteiger partial charge in [0.2, 0.25) is 6.41 Å². The molecule has 4 nitrogen and oxygen atoms in total. The van der Waals surface area contributed by atoms with Gasteiger partial charge in [-0.25, -0.2) is 0 Å². The zero-order chi connectivity index (χ0) is 13.0. The van der Waals surface area contributed by atoms with Crippen LogP contribution in [0.3, 0.4) is 0 Å². The van der Waals surface area contributed by atoms with Gasteiger partial charge in [0, 0.05) is 31.3 Å². The van der Waals surface area contributed by atoms with Crippen LogP contribution in [0.4, 0.5) is 5.69 Å². The summed E-state index contributed by atoms with van der Waals surface area (Å²) >= 11 is 0. The summed E-state index contributed by atoms with van der Waals surface area (Å²) in [6.07, 6.45) is 3.28. The Morgan fingerprint density at radius 1 is 1.44 bits per heavy atom. The molecule has 1 heterocycles. The molecule has 1 aromatic carbocycles. The molecule has 0 bridgehead atoms. The lowest BCUT2D eigenvalue weighted by Gasteiger charge is -2.11. The molecule has 1 fully saturated rings. The van der Waals surface area contributed by atoms with E-state index in [1.807, 2.05) is 0 Å². The van der Waals surface area contributed by atoms with Crippen molar-refractivity contribution in [3.8, 4) is 0 Å². The predicted molar refractivity (Wildman–Crippen MR) is 68.8 cm³/mol. The van der Waals surface area contributed by atoms with E-state index in [0.29, 0.717) is 12.0 Å². The van der Waals surface area contributed by atoms with Crippen LogP contribution < -0.4 is 4.90 Å². The van der Waals surface area contributed by atoms with E-state index in [9.17, 15) is 9.59 Å². The summed E-state index contributed by atoms with van der Waals surface area (Å²) in [4.78, 5) is 24.1. The number of ether oxygens (including phenoxy) is 1. The first-order chi connectivity index (χ1) is 8.70. The predicted octanol–water partition coefficient (Wildman–Crippen LogP) is 2.03. The van der Waals surface area contributed by atoms with Gasteiger partial charge in [0.05, 0.1) is 6.10 Å². The Bertz CT molecular complexity index is 421. The Morgan fingerprint density at radius 2 is 2.17 bits per heavy atom. The van der Waals surface area contributed by atoms with Gasteiger partial charge < -0.3 is 9.64 Å². The fourth-order valence-corrected chi connectivity index (χ4v) is 2.07. The van der Waals surface area contributed by atoms with Crippen LogP contribution in [0, 0.1) is 0 Å². The highest BCUT2D eigenvalue weighted by molar-refractivity contribution is 5.96. The van der Waals surface area contributed by atoms with Crippen LogP contribution in [0.1, 0.15) is 29.6 Å². The van der Waals surface area contributed by atoms with E-state index < -0.39 is 0 Å². The number of hydrogen-bond donors (Lipinski definition) is 0. The first-order valence-electron chi connectivity index (χ1n) is 6.13. The Labute approximate surface area is 107 Å². The molecule has 0 radical (unpaired) electrons. The van der Waals surface area contributed by atoms with E-state index in [1.54, 1.807) is 31.3 Å². The smallest absolute Gasteiger partial charge is 0.213 e. The topological polar surface area (TPSA) is 46.6 Å². The molecule has 0 N–H and O–H groups in total. The molecule has 96 valence electrons. The largest absolute Gasteiger partial charge is 0.378 e. The Hall–Kier alpha value is -1.68. The van der Waals surface area contributed by atoms with Crippen molar-refractivity contribution >= 4 is 17.9 Å². The summed E-state index contributed by atoms with van der Waals surface area (Å²) in [6.45, 7) is 0.765. The average molecular weight is 247 g/mol. The number of amides is 1. The van der Waals surface area contributed by atoms with Crippen molar-refractivity contribution in [1.82, 2.24) is 0 Å². The van der Waals surface area contributed by atoms with Gasteiger partial charge in [0.1, 0.15) is 0 Å². The molecule has 18 heavy (non-hydrogen) atoms. The molecule has 1 aliphatic heterocycles. The first-order valence-corrected chi connectivity index (χ1v) is 6.13. The van der Waals surface area contributed by atoms with E-state index in [-0.39, 0.29) is 11.9 Å². The van der Waals surface area contributed by atoms with Gasteiger partial charge in [-0.3, -0.25) is 9.59 Å². The van der Waals surface area contributed by atoms with E-state index in [4.69, 9.17) is 4.74 Å². The molecule has 1 saturated heterocycles. The highest BCUT2D eigenvalue weighted by atomic mass is 16.5. The van der Waals surface area contributed by atoms with Gasteiger partial charge in [-0.15, -0.1) is 0 Å². The number of benzene rings is 1. The molecule has 1 amide bonds. The third kappa shape index (κ3) is 2.96. The average Bonchev–Trinajstić information content (AvgIpc) is 2.91. The third-order valence-corrected chi connectivity index (χ3v) is 3.19. The highest BCUT2D eigenvalue weighted by Crippen LogP contribution is 2.19. The zero-order valence-corrected chi connectivity index (χ0v) is 10.5. The molecule has 0 saturated carbocycles. The standard InChI is InChI=1S/C14H17NO3/c1-15(10-16)12-6-4-11(5-7-12)14(17)9-13-3-2-8-18-13/h4-7,10,13H,2-3,8-9H2,1H3. The number of nitrogens with zero attached hydrogens (tertiary/aromatic N) is 1. The van der Waals surface area contributed by atoms with E-state index in [0.717, 1.165) is 31.5 Å². The monoisotopic (exact) mass is 247 g/mol. The molecule has 1 unspecified atom stereocenters. The molecule has 2 rings (SSSR count). The van der Waals surface area contributed by atoms with Crippen LogP contribution in [0.15, 0.2) is 24.3 Å². The minimum Gasteiger partial charge on any atom is -0.378 e.